The predicted molar refractivity (Wildman–Crippen MR) is 124 cm³/mol. The number of nitrogens with two attached hydrogens (primary N) is 1. The molecule has 2 aromatic heterocycles. The van der Waals surface area contributed by atoms with Gasteiger partial charge in [-0.25, -0.2) is 4.98 Å². The molecule has 0 amide bonds. The highest BCUT2D eigenvalue weighted by molar-refractivity contribution is 7.21. The average Bonchev–Trinajstić information content (AvgIpc) is 3.14. The minimum absolute atomic E-state index is 0.0596. The number of pyridine rings is 1. The summed E-state index contributed by atoms with van der Waals surface area (Å²) >= 11 is 1.31. The summed E-state index contributed by atoms with van der Waals surface area (Å²) in [6, 6.07) is 17.0. The lowest BCUT2D eigenvalue weighted by molar-refractivity contribution is 0.0997. The van der Waals surface area contributed by atoms with Crippen LogP contribution in [0.15, 0.2) is 54.6 Å². The van der Waals surface area contributed by atoms with E-state index >= 15 is 0 Å². The third-order valence-corrected chi connectivity index (χ3v) is 6.18. The molecule has 2 N–H and O–H groups in total. The van der Waals surface area contributed by atoms with E-state index in [1.807, 2.05) is 42.5 Å². The first-order valence-corrected chi connectivity index (χ1v) is 10.4. The van der Waals surface area contributed by atoms with Crippen LogP contribution in [0.25, 0.3) is 21.5 Å². The summed E-state index contributed by atoms with van der Waals surface area (Å²) in [5.41, 5.74) is 9.34. The second-order valence-corrected chi connectivity index (χ2v) is 7.91. The summed E-state index contributed by atoms with van der Waals surface area (Å²) in [7, 11) is 4.78. The molecule has 0 atom stereocenters. The number of nitrogen functional groups attached to an aromatic ring is 1. The Morgan fingerprint density at radius 1 is 0.968 bits per heavy atom. The van der Waals surface area contributed by atoms with Gasteiger partial charge in [-0.1, -0.05) is 18.2 Å². The van der Waals surface area contributed by atoms with Crippen molar-refractivity contribution in [2.75, 3.05) is 27.1 Å². The molecule has 0 aliphatic heterocycles. The van der Waals surface area contributed by atoms with Crippen LogP contribution in [0.5, 0.6) is 17.2 Å². The number of aromatic nitrogens is 1. The molecule has 2 heterocycles. The number of anilines is 1. The number of hydrogen-bond donors (Lipinski definition) is 1. The zero-order chi connectivity index (χ0) is 22.0. The number of Topliss-reactive ketones (excluding diaryl/α,β-unsaturated/α-hetero) is 1. The summed E-state index contributed by atoms with van der Waals surface area (Å²) < 4.78 is 15.9. The summed E-state index contributed by atoms with van der Waals surface area (Å²) in [5, 5.41) is 0.785. The molecular weight excluding hydrogens is 412 g/mol. The third-order valence-electron chi connectivity index (χ3n) is 5.03. The highest BCUT2D eigenvalue weighted by atomic mass is 32.1. The Balaban J connectivity index is 1.65. The third kappa shape index (κ3) is 4.04. The van der Waals surface area contributed by atoms with E-state index in [0.717, 1.165) is 32.8 Å². The van der Waals surface area contributed by atoms with Crippen LogP contribution in [0.2, 0.25) is 0 Å². The molecule has 0 aliphatic carbocycles. The molecule has 31 heavy (non-hydrogen) atoms. The molecule has 0 saturated carbocycles. The Kier molecular flexibility index (Phi) is 5.77. The molecule has 0 unspecified atom stereocenters. The molecule has 4 aromatic rings. The normalized spacial score (nSPS) is 10.8. The van der Waals surface area contributed by atoms with Gasteiger partial charge in [-0.2, -0.15) is 0 Å². The first-order chi connectivity index (χ1) is 15.0. The number of methoxy groups -OCH3 is 3. The fourth-order valence-corrected chi connectivity index (χ4v) is 4.43. The van der Waals surface area contributed by atoms with Crippen LogP contribution in [0.4, 0.5) is 5.69 Å². The van der Waals surface area contributed by atoms with E-state index in [1.165, 1.54) is 11.3 Å². The zero-order valence-electron chi connectivity index (χ0n) is 17.5. The molecule has 4 rings (SSSR count). The molecule has 0 fully saturated rings. The standard InChI is InChI=1S/C24H22N2O4S/c1-28-16-6-4-5-15(13-16)18-9-8-17-22(25)23(31-24(17)26-18)19(27)11-14-7-10-20(29-2)21(12-14)30-3/h4-10,12-13H,11,25H2,1-3H3. The van der Waals surface area contributed by atoms with Crippen LogP contribution in [0.3, 0.4) is 0 Å². The van der Waals surface area contributed by atoms with Crippen LogP contribution < -0.4 is 19.9 Å². The lowest BCUT2D eigenvalue weighted by atomic mass is 10.1. The van der Waals surface area contributed by atoms with Gasteiger partial charge >= 0.3 is 0 Å². The van der Waals surface area contributed by atoms with E-state index in [4.69, 9.17) is 24.9 Å². The van der Waals surface area contributed by atoms with Crippen molar-refractivity contribution in [2.45, 2.75) is 6.42 Å². The topological polar surface area (TPSA) is 83.7 Å². The van der Waals surface area contributed by atoms with E-state index < -0.39 is 0 Å². The van der Waals surface area contributed by atoms with Gasteiger partial charge in [0.05, 0.1) is 37.6 Å². The van der Waals surface area contributed by atoms with Crippen molar-refractivity contribution < 1.29 is 19.0 Å². The number of rotatable bonds is 7. The summed E-state index contributed by atoms with van der Waals surface area (Å²) in [6.07, 6.45) is 0.208. The van der Waals surface area contributed by atoms with Crippen LogP contribution in [-0.4, -0.2) is 32.1 Å². The largest absolute Gasteiger partial charge is 0.497 e. The second-order valence-electron chi connectivity index (χ2n) is 6.92. The first kappa shape index (κ1) is 20.7. The quantitative estimate of drug-likeness (QED) is 0.412. The predicted octanol–water partition coefficient (Wildman–Crippen LogP) is 5.00. The van der Waals surface area contributed by atoms with E-state index in [1.54, 1.807) is 33.5 Å². The molecule has 0 bridgehead atoms. The van der Waals surface area contributed by atoms with E-state index in [-0.39, 0.29) is 12.2 Å². The van der Waals surface area contributed by atoms with Crippen molar-refractivity contribution in [3.8, 4) is 28.5 Å². The molecule has 0 radical (unpaired) electrons. The van der Waals surface area contributed by atoms with Gasteiger partial charge in [-0.05, 0) is 42.0 Å². The van der Waals surface area contributed by atoms with Crippen molar-refractivity contribution in [3.63, 3.8) is 0 Å². The molecule has 6 nitrogen and oxygen atoms in total. The number of benzene rings is 2. The number of thiophene rings is 1. The molecule has 0 saturated heterocycles. The average molecular weight is 435 g/mol. The fourth-order valence-electron chi connectivity index (χ4n) is 3.40. The van der Waals surface area contributed by atoms with Crippen molar-refractivity contribution in [2.24, 2.45) is 0 Å². The number of ketones is 1. The Morgan fingerprint density at radius 2 is 1.77 bits per heavy atom. The van der Waals surface area contributed by atoms with Gasteiger partial charge in [0, 0.05) is 17.4 Å². The monoisotopic (exact) mass is 434 g/mol. The van der Waals surface area contributed by atoms with Gasteiger partial charge in [0.2, 0.25) is 0 Å². The fraction of sp³-hybridized carbons (Fsp3) is 0.167. The minimum Gasteiger partial charge on any atom is -0.497 e. The minimum atomic E-state index is -0.0596. The van der Waals surface area contributed by atoms with Gasteiger partial charge in [-0.3, -0.25) is 4.79 Å². The van der Waals surface area contributed by atoms with E-state index in [9.17, 15) is 4.79 Å². The maximum Gasteiger partial charge on any atom is 0.179 e. The lowest BCUT2D eigenvalue weighted by Gasteiger charge is -2.09. The first-order valence-electron chi connectivity index (χ1n) is 9.61. The van der Waals surface area contributed by atoms with Crippen molar-refractivity contribution in [1.82, 2.24) is 4.98 Å². The Bertz CT molecular complexity index is 1270. The van der Waals surface area contributed by atoms with Gasteiger partial charge in [0.1, 0.15) is 10.6 Å². The van der Waals surface area contributed by atoms with Crippen LogP contribution >= 0.6 is 11.3 Å². The van der Waals surface area contributed by atoms with Crippen LogP contribution in [0, 0.1) is 0 Å². The molecule has 7 heteroatoms. The number of ether oxygens (including phenoxy) is 3. The van der Waals surface area contributed by atoms with Gasteiger partial charge < -0.3 is 19.9 Å². The Hall–Kier alpha value is -3.58. The summed E-state index contributed by atoms with van der Waals surface area (Å²) in [5.74, 6) is 1.91. The van der Waals surface area contributed by atoms with Gasteiger partial charge in [0.15, 0.2) is 17.3 Å². The van der Waals surface area contributed by atoms with E-state index in [2.05, 4.69) is 0 Å². The highest BCUT2D eigenvalue weighted by Gasteiger charge is 2.19. The maximum atomic E-state index is 13.0. The molecule has 2 aromatic carbocycles. The van der Waals surface area contributed by atoms with Crippen LogP contribution in [-0.2, 0) is 6.42 Å². The molecule has 0 spiro atoms. The second kappa shape index (κ2) is 8.65. The maximum absolute atomic E-state index is 13.0. The van der Waals surface area contributed by atoms with Gasteiger partial charge in [-0.15, -0.1) is 11.3 Å². The molecular formula is C24H22N2O4S. The van der Waals surface area contributed by atoms with Crippen LogP contribution in [0.1, 0.15) is 15.2 Å². The summed E-state index contributed by atoms with van der Waals surface area (Å²) in [6.45, 7) is 0. The highest BCUT2D eigenvalue weighted by Crippen LogP contribution is 2.36. The van der Waals surface area contributed by atoms with Gasteiger partial charge in [0.25, 0.3) is 0 Å². The lowest BCUT2D eigenvalue weighted by Crippen LogP contribution is -2.04. The summed E-state index contributed by atoms with van der Waals surface area (Å²) in [4.78, 5) is 19.0. The van der Waals surface area contributed by atoms with Crippen molar-refractivity contribution >= 4 is 33.0 Å². The number of carbonyl (C=O) groups excluding carboxylic acids is 1. The number of fused-ring (bicyclic) bond motifs is 1. The van der Waals surface area contributed by atoms with Crippen molar-refractivity contribution in [3.05, 3.63) is 65.0 Å². The van der Waals surface area contributed by atoms with Crippen molar-refractivity contribution in [1.29, 1.82) is 0 Å². The number of carbonyl (C=O) groups is 1. The van der Waals surface area contributed by atoms with E-state index in [0.29, 0.717) is 22.1 Å². The Morgan fingerprint density at radius 3 is 2.52 bits per heavy atom. The Labute approximate surface area is 184 Å². The molecule has 0 aliphatic rings. The SMILES string of the molecule is COc1cccc(-c2ccc3c(N)c(C(=O)Cc4ccc(OC)c(OC)c4)sc3n2)c1. The number of nitrogens with zero attached hydrogens (tertiary/aromatic N) is 1. The zero-order valence-corrected chi connectivity index (χ0v) is 18.3. The number of hydrogen-bond acceptors (Lipinski definition) is 7. The molecule has 158 valence electrons. The smallest absolute Gasteiger partial charge is 0.179 e.